The lowest BCUT2D eigenvalue weighted by atomic mass is 9.94. The lowest BCUT2D eigenvalue weighted by molar-refractivity contribution is -0.150. The topological polar surface area (TPSA) is 114 Å². The highest BCUT2D eigenvalue weighted by molar-refractivity contribution is 5.72. The van der Waals surface area contributed by atoms with Crippen molar-refractivity contribution in [3.63, 3.8) is 0 Å². The fourth-order valence-electron chi connectivity index (χ4n) is 8.75. The second-order valence-corrected chi connectivity index (χ2v) is 19.1. The molecule has 4 atom stereocenters. The third-order valence-corrected chi connectivity index (χ3v) is 12.8. The summed E-state index contributed by atoms with van der Waals surface area (Å²) in [6.45, 7) is 15.4. The summed E-state index contributed by atoms with van der Waals surface area (Å²) < 4.78 is 13.8. The van der Waals surface area contributed by atoms with Crippen LogP contribution in [0.2, 0.25) is 0 Å². The first-order valence-corrected chi connectivity index (χ1v) is 26.6. The third kappa shape index (κ3) is 31.0. The van der Waals surface area contributed by atoms with Crippen LogP contribution in [0.1, 0.15) is 259 Å². The van der Waals surface area contributed by atoms with Gasteiger partial charge in [-0.1, -0.05) is 169 Å². The first-order valence-electron chi connectivity index (χ1n) is 26.6. The number of nitrogens with zero attached hydrogens (tertiary/aromatic N) is 3. The van der Waals surface area contributed by atoms with Crippen molar-refractivity contribution in [2.75, 3.05) is 26.3 Å². The largest absolute Gasteiger partial charge is 0.465 e. The van der Waals surface area contributed by atoms with Crippen LogP contribution in [0.5, 0.6) is 0 Å². The number of hydrogen-bond acceptors (Lipinski definition) is 8. The van der Waals surface area contributed by atoms with Crippen molar-refractivity contribution >= 4 is 11.9 Å². The summed E-state index contributed by atoms with van der Waals surface area (Å²) >= 11 is 0. The molecule has 0 aromatic carbocycles. The summed E-state index contributed by atoms with van der Waals surface area (Å²) in [5.74, 6) is 0.854. The summed E-state index contributed by atoms with van der Waals surface area (Å²) in [5, 5.41) is 22.4. The van der Waals surface area contributed by atoms with Gasteiger partial charge in [-0.2, -0.15) is 0 Å². The Morgan fingerprint density at radius 2 is 0.871 bits per heavy atom. The van der Waals surface area contributed by atoms with Crippen LogP contribution in [0.15, 0.2) is 12.4 Å². The Labute approximate surface area is 382 Å². The Morgan fingerprint density at radius 3 is 1.24 bits per heavy atom. The van der Waals surface area contributed by atoms with Crippen molar-refractivity contribution < 1.29 is 29.3 Å². The van der Waals surface area contributed by atoms with Gasteiger partial charge in [-0.25, -0.2) is 4.98 Å². The van der Waals surface area contributed by atoms with E-state index >= 15 is 0 Å². The van der Waals surface area contributed by atoms with E-state index < -0.39 is 12.2 Å². The van der Waals surface area contributed by atoms with Crippen molar-refractivity contribution in [1.82, 2.24) is 14.5 Å². The summed E-state index contributed by atoms with van der Waals surface area (Å²) in [6.07, 6.45) is 37.4. The monoisotopic (exact) mass is 876 g/mol. The number of imidazole rings is 1. The molecule has 2 N–H and O–H groups in total. The number of aliphatic hydroxyl groups is 2. The molecule has 1 heterocycles. The highest BCUT2D eigenvalue weighted by Crippen LogP contribution is 2.23. The molecule has 0 radical (unpaired) electrons. The van der Waals surface area contributed by atoms with E-state index in [-0.39, 0.29) is 29.8 Å². The van der Waals surface area contributed by atoms with E-state index in [0.717, 1.165) is 82.9 Å². The molecule has 1 rings (SSSR count). The zero-order chi connectivity index (χ0) is 45.5. The number of hydrogen-bond donors (Lipinski definition) is 2. The average molecular weight is 876 g/mol. The van der Waals surface area contributed by atoms with E-state index in [4.69, 9.17) is 9.47 Å². The van der Waals surface area contributed by atoms with E-state index in [2.05, 4.69) is 56.0 Å². The Bertz CT molecular complexity index is 1100. The summed E-state index contributed by atoms with van der Waals surface area (Å²) in [4.78, 5) is 33.0. The second-order valence-electron chi connectivity index (χ2n) is 19.1. The van der Waals surface area contributed by atoms with Crippen LogP contribution in [0.25, 0.3) is 0 Å². The zero-order valence-electron chi connectivity index (χ0n) is 41.6. The second kappa shape index (κ2) is 40.5. The number of aliphatic hydroxyl groups excluding tert-OH is 2. The maximum atomic E-state index is 13.1. The predicted molar refractivity (Wildman–Crippen MR) is 259 cm³/mol. The number of esters is 2. The molecule has 4 unspecified atom stereocenters. The molecule has 1 aromatic rings. The number of unbranched alkanes of at least 4 members (excludes halogenated alkanes) is 20. The van der Waals surface area contributed by atoms with Gasteiger partial charge in [0, 0.05) is 31.5 Å². The van der Waals surface area contributed by atoms with Crippen molar-refractivity contribution in [2.24, 2.45) is 11.8 Å². The van der Waals surface area contributed by atoms with Gasteiger partial charge in [-0.05, 0) is 78.1 Å². The molecule has 0 saturated heterocycles. The molecule has 0 aliphatic carbocycles. The summed E-state index contributed by atoms with van der Waals surface area (Å²) in [6, 6.07) is 0.257. The molecule has 0 spiro atoms. The molecule has 9 heteroatoms. The molecule has 1 aromatic heterocycles. The highest BCUT2D eigenvalue weighted by atomic mass is 16.5. The molecule has 0 aliphatic rings. The summed E-state index contributed by atoms with van der Waals surface area (Å²) in [7, 11) is 0. The Balaban J connectivity index is 2.60. The smallest absolute Gasteiger partial charge is 0.308 e. The van der Waals surface area contributed by atoms with E-state index in [9.17, 15) is 19.8 Å². The fraction of sp³-hybridized carbons (Fsp3) is 0.906. The van der Waals surface area contributed by atoms with Crippen LogP contribution in [0.3, 0.4) is 0 Å². The van der Waals surface area contributed by atoms with Crippen LogP contribution in [0.4, 0.5) is 0 Å². The molecule has 0 bridgehead atoms. The lowest BCUT2D eigenvalue weighted by Gasteiger charge is -2.28. The molecule has 0 aliphatic heterocycles. The normalized spacial score (nSPS) is 13.8. The van der Waals surface area contributed by atoms with Gasteiger partial charge in [0.1, 0.15) is 5.82 Å². The minimum Gasteiger partial charge on any atom is -0.465 e. The van der Waals surface area contributed by atoms with Crippen molar-refractivity contribution in [1.29, 1.82) is 0 Å². The van der Waals surface area contributed by atoms with Crippen LogP contribution >= 0.6 is 0 Å². The van der Waals surface area contributed by atoms with Gasteiger partial charge in [0.2, 0.25) is 0 Å². The van der Waals surface area contributed by atoms with Gasteiger partial charge in [0.15, 0.2) is 0 Å². The van der Waals surface area contributed by atoms with Crippen LogP contribution < -0.4 is 0 Å². The Hall–Kier alpha value is -1.97. The minimum atomic E-state index is -0.570. The number of carbonyl (C=O) groups excluding carboxylic acids is 2. The van der Waals surface area contributed by atoms with Gasteiger partial charge in [-0.3, -0.25) is 14.5 Å². The number of carbonyl (C=O) groups is 2. The standard InChI is InChI=1S/C53H101N3O6/c1-7-11-15-19-21-23-27-35-47(33-25-17-13-9-3)52(59)61-41-31-29-37-49(57)43-55(45-51-54-39-40-56(51)46(5)6)44-50(58)38-30-32-42-62-53(60)48(34-26-18-14-10-4)36-28-24-22-20-16-12-8-2/h39-40,46-50,57-58H,7-38,41-45H2,1-6H3. The van der Waals surface area contributed by atoms with Gasteiger partial charge < -0.3 is 24.3 Å². The van der Waals surface area contributed by atoms with Crippen molar-refractivity contribution in [2.45, 2.75) is 272 Å². The fourth-order valence-corrected chi connectivity index (χ4v) is 8.75. The maximum absolute atomic E-state index is 13.1. The van der Waals surface area contributed by atoms with E-state index in [1.165, 1.54) is 116 Å². The first-order chi connectivity index (χ1) is 30.2. The quantitative estimate of drug-likeness (QED) is 0.0492. The molecule has 0 saturated carbocycles. The van der Waals surface area contributed by atoms with Gasteiger partial charge in [0.25, 0.3) is 0 Å². The maximum Gasteiger partial charge on any atom is 0.308 e. The van der Waals surface area contributed by atoms with Gasteiger partial charge >= 0.3 is 11.9 Å². The van der Waals surface area contributed by atoms with Crippen LogP contribution in [-0.4, -0.2) is 75.1 Å². The van der Waals surface area contributed by atoms with Crippen LogP contribution in [-0.2, 0) is 25.6 Å². The molecular weight excluding hydrogens is 775 g/mol. The van der Waals surface area contributed by atoms with Crippen LogP contribution in [0, 0.1) is 11.8 Å². The summed E-state index contributed by atoms with van der Waals surface area (Å²) in [5.41, 5.74) is 0. The van der Waals surface area contributed by atoms with Gasteiger partial charge in [0.05, 0.1) is 43.8 Å². The van der Waals surface area contributed by atoms with Crippen molar-refractivity contribution in [3.05, 3.63) is 18.2 Å². The zero-order valence-corrected chi connectivity index (χ0v) is 41.6. The first kappa shape index (κ1) is 58.0. The van der Waals surface area contributed by atoms with Crippen molar-refractivity contribution in [3.8, 4) is 0 Å². The average Bonchev–Trinajstić information content (AvgIpc) is 3.72. The molecular formula is C53H101N3O6. The molecule has 9 nitrogen and oxygen atoms in total. The van der Waals surface area contributed by atoms with E-state index in [1.807, 2.05) is 12.4 Å². The number of rotatable bonds is 45. The van der Waals surface area contributed by atoms with E-state index in [0.29, 0.717) is 45.7 Å². The number of ether oxygens (including phenoxy) is 2. The predicted octanol–water partition coefficient (Wildman–Crippen LogP) is 13.9. The Morgan fingerprint density at radius 1 is 0.532 bits per heavy atom. The minimum absolute atomic E-state index is 0.00323. The third-order valence-electron chi connectivity index (χ3n) is 12.8. The molecule has 0 amide bonds. The highest BCUT2D eigenvalue weighted by Gasteiger charge is 2.22. The molecule has 0 fully saturated rings. The lowest BCUT2D eigenvalue weighted by Crippen LogP contribution is -2.38. The Kier molecular flexibility index (Phi) is 37.9. The SMILES string of the molecule is CCCCCCCCCC(CCCCCC)C(=O)OCCCCC(O)CN(Cc1nccn1C(C)C)CC(O)CCCCOC(=O)C(CCCCCC)CCCCCCCCC. The molecule has 62 heavy (non-hydrogen) atoms. The molecule has 364 valence electrons. The number of aromatic nitrogens is 2. The van der Waals surface area contributed by atoms with Gasteiger partial charge in [-0.15, -0.1) is 0 Å². The van der Waals surface area contributed by atoms with E-state index in [1.54, 1.807) is 0 Å².